The van der Waals surface area contributed by atoms with Crippen LogP contribution in [0.3, 0.4) is 0 Å². The summed E-state index contributed by atoms with van der Waals surface area (Å²) in [5, 5.41) is 24.7. The SMILES string of the molecule is O=C(NC(Cc1ccc(Nc2c(O)c(=O)c2=O)cc1)C(=O)O)c1ccc2c(c1)nc(-c1ccoc1)n2C1CCCCC1. The second-order valence-corrected chi connectivity index (χ2v) is 10.6. The Labute approximate surface area is 239 Å². The number of nitrogens with one attached hydrogen (secondary N) is 2. The molecule has 11 nitrogen and oxygen atoms in total. The van der Waals surface area contributed by atoms with Crippen molar-refractivity contribution in [1.82, 2.24) is 14.9 Å². The zero-order chi connectivity index (χ0) is 29.4. The summed E-state index contributed by atoms with van der Waals surface area (Å²) >= 11 is 0. The number of aromatic hydroxyl groups is 1. The van der Waals surface area contributed by atoms with Crippen LogP contribution in [-0.4, -0.2) is 37.7 Å². The lowest BCUT2D eigenvalue weighted by Gasteiger charge is -2.25. The van der Waals surface area contributed by atoms with Crippen molar-refractivity contribution in [1.29, 1.82) is 0 Å². The van der Waals surface area contributed by atoms with Crippen molar-refractivity contribution < 1.29 is 24.2 Å². The molecular formula is C31H28N4O7. The molecule has 1 saturated carbocycles. The van der Waals surface area contributed by atoms with Crippen molar-refractivity contribution in [3.8, 4) is 17.1 Å². The van der Waals surface area contributed by atoms with E-state index in [4.69, 9.17) is 9.40 Å². The maximum absolute atomic E-state index is 13.2. The van der Waals surface area contributed by atoms with E-state index in [0.29, 0.717) is 28.4 Å². The average Bonchev–Trinajstić information content (AvgIpc) is 3.68. The first-order valence-electron chi connectivity index (χ1n) is 13.8. The van der Waals surface area contributed by atoms with Crippen molar-refractivity contribution >= 4 is 34.3 Å². The van der Waals surface area contributed by atoms with E-state index in [1.165, 1.54) is 6.42 Å². The quantitative estimate of drug-likeness (QED) is 0.190. The van der Waals surface area contributed by atoms with Gasteiger partial charge in [-0.2, -0.15) is 0 Å². The molecule has 0 aliphatic heterocycles. The Morgan fingerprint density at radius 1 is 1.02 bits per heavy atom. The number of carboxylic acids is 1. The molecule has 0 radical (unpaired) electrons. The Morgan fingerprint density at radius 3 is 2.45 bits per heavy atom. The highest BCUT2D eigenvalue weighted by Gasteiger charge is 2.25. The van der Waals surface area contributed by atoms with Crippen LogP contribution >= 0.6 is 0 Å². The highest BCUT2D eigenvalue weighted by Crippen LogP contribution is 2.36. The predicted octanol–water partition coefficient (Wildman–Crippen LogP) is 4.27. The number of nitrogens with zero attached hydrogens (tertiary/aromatic N) is 2. The number of aromatic nitrogens is 2. The molecule has 4 N–H and O–H groups in total. The fourth-order valence-electron chi connectivity index (χ4n) is 5.59. The monoisotopic (exact) mass is 568 g/mol. The number of aliphatic carboxylic acids is 1. The van der Waals surface area contributed by atoms with Gasteiger partial charge in [-0.3, -0.25) is 14.4 Å². The lowest BCUT2D eigenvalue weighted by Crippen LogP contribution is -2.42. The molecule has 3 aromatic carbocycles. The molecule has 1 amide bonds. The van der Waals surface area contributed by atoms with Crippen LogP contribution in [0.5, 0.6) is 5.75 Å². The molecule has 1 fully saturated rings. The minimum Gasteiger partial charge on any atom is -0.502 e. The third kappa shape index (κ3) is 5.05. The molecule has 1 aliphatic rings. The Balaban J connectivity index is 1.20. The van der Waals surface area contributed by atoms with Crippen LogP contribution in [-0.2, 0) is 11.2 Å². The van der Waals surface area contributed by atoms with Gasteiger partial charge in [0.15, 0.2) is 5.75 Å². The van der Waals surface area contributed by atoms with Gasteiger partial charge in [-0.15, -0.1) is 0 Å². The molecule has 2 aromatic heterocycles. The third-order valence-corrected chi connectivity index (χ3v) is 7.82. The maximum Gasteiger partial charge on any atom is 0.326 e. The first kappa shape index (κ1) is 27.0. The lowest BCUT2D eigenvalue weighted by atomic mass is 9.95. The first-order chi connectivity index (χ1) is 20.3. The molecule has 42 heavy (non-hydrogen) atoms. The molecule has 1 unspecified atom stereocenters. The van der Waals surface area contributed by atoms with Crippen molar-refractivity contribution in [3.63, 3.8) is 0 Å². The van der Waals surface area contributed by atoms with Gasteiger partial charge in [0.1, 0.15) is 23.8 Å². The summed E-state index contributed by atoms with van der Waals surface area (Å²) in [7, 11) is 0. The molecule has 1 aliphatic carbocycles. The van der Waals surface area contributed by atoms with Crippen LogP contribution in [0.4, 0.5) is 11.4 Å². The largest absolute Gasteiger partial charge is 0.502 e. The minimum absolute atomic E-state index is 0.00983. The van der Waals surface area contributed by atoms with Gasteiger partial charge >= 0.3 is 5.97 Å². The van der Waals surface area contributed by atoms with Crippen LogP contribution < -0.4 is 21.5 Å². The Kier molecular flexibility index (Phi) is 7.07. The zero-order valence-electron chi connectivity index (χ0n) is 22.5. The van der Waals surface area contributed by atoms with Crippen LogP contribution in [0.15, 0.2) is 75.1 Å². The van der Waals surface area contributed by atoms with E-state index in [1.54, 1.807) is 48.9 Å². The summed E-state index contributed by atoms with van der Waals surface area (Å²) in [5.41, 5.74) is 1.85. The molecule has 5 aromatic rings. The Bertz CT molecular complexity index is 1840. The number of carbonyl (C=O) groups excluding carboxylic acids is 1. The summed E-state index contributed by atoms with van der Waals surface area (Å²) in [6.07, 6.45) is 8.88. The number of anilines is 2. The fraction of sp³-hybridized carbons (Fsp3) is 0.258. The molecule has 0 saturated heterocycles. The zero-order valence-corrected chi connectivity index (χ0v) is 22.5. The van der Waals surface area contributed by atoms with Gasteiger partial charge in [-0.05, 0) is 54.8 Å². The summed E-state index contributed by atoms with van der Waals surface area (Å²) in [5.74, 6) is -1.56. The van der Waals surface area contributed by atoms with Crippen molar-refractivity contribution in [2.75, 3.05) is 5.32 Å². The number of rotatable bonds is 9. The van der Waals surface area contributed by atoms with E-state index >= 15 is 0 Å². The van der Waals surface area contributed by atoms with Gasteiger partial charge in [-0.25, -0.2) is 9.78 Å². The molecule has 1 atom stereocenters. The number of carbonyl (C=O) groups is 2. The number of carboxylic acid groups (broad SMARTS) is 1. The standard InChI is InChI=1S/C31H28N4O7/c36-26-25(27(37)28(26)38)32-20-9-6-17(7-10-20)14-23(31(40)41)34-30(39)18-8-11-24-22(15-18)33-29(19-12-13-42-16-19)35(24)21-4-2-1-3-5-21/h6-13,15-16,21,23,32,36H,1-5,14H2,(H,34,39)(H,40,41). The Hall–Kier alpha value is -5.19. The summed E-state index contributed by atoms with van der Waals surface area (Å²) < 4.78 is 7.55. The van der Waals surface area contributed by atoms with Gasteiger partial charge < -0.3 is 29.8 Å². The van der Waals surface area contributed by atoms with Crippen molar-refractivity contribution in [2.45, 2.75) is 50.6 Å². The van der Waals surface area contributed by atoms with Gasteiger partial charge in [-0.1, -0.05) is 31.4 Å². The van der Waals surface area contributed by atoms with Gasteiger partial charge in [0.25, 0.3) is 16.8 Å². The van der Waals surface area contributed by atoms with Crippen molar-refractivity contribution in [2.24, 2.45) is 0 Å². The molecule has 6 rings (SSSR count). The number of amides is 1. The van der Waals surface area contributed by atoms with Crippen LogP contribution in [0, 0.1) is 0 Å². The van der Waals surface area contributed by atoms with E-state index in [2.05, 4.69) is 15.2 Å². The van der Waals surface area contributed by atoms with Gasteiger partial charge in [0.2, 0.25) is 0 Å². The second-order valence-electron chi connectivity index (χ2n) is 10.6. The highest BCUT2D eigenvalue weighted by molar-refractivity contribution is 5.99. The summed E-state index contributed by atoms with van der Waals surface area (Å²) in [6.45, 7) is 0. The number of fused-ring (bicyclic) bond motifs is 1. The highest BCUT2D eigenvalue weighted by atomic mass is 16.4. The smallest absolute Gasteiger partial charge is 0.326 e. The first-order valence-corrected chi connectivity index (χ1v) is 13.8. The number of imidazole rings is 1. The molecule has 2 heterocycles. The van der Waals surface area contributed by atoms with Crippen LogP contribution in [0.1, 0.15) is 54.1 Å². The molecule has 0 spiro atoms. The molecule has 11 heteroatoms. The third-order valence-electron chi connectivity index (χ3n) is 7.82. The van der Waals surface area contributed by atoms with E-state index in [1.807, 2.05) is 12.1 Å². The average molecular weight is 569 g/mol. The van der Waals surface area contributed by atoms with E-state index in [0.717, 1.165) is 42.6 Å². The topological polar surface area (TPSA) is 164 Å². The van der Waals surface area contributed by atoms with Crippen LogP contribution in [0.25, 0.3) is 22.4 Å². The Morgan fingerprint density at radius 2 is 1.79 bits per heavy atom. The second kappa shape index (κ2) is 11.0. The number of hydrogen-bond donors (Lipinski definition) is 4. The van der Waals surface area contributed by atoms with Gasteiger partial charge in [0.05, 0.1) is 22.9 Å². The summed E-state index contributed by atoms with van der Waals surface area (Å²) in [6, 6.07) is 12.6. The predicted molar refractivity (Wildman–Crippen MR) is 155 cm³/mol. The van der Waals surface area contributed by atoms with Gasteiger partial charge in [0, 0.05) is 23.7 Å². The molecule has 214 valence electrons. The number of furan rings is 1. The van der Waals surface area contributed by atoms with Crippen molar-refractivity contribution in [3.05, 3.63) is 92.6 Å². The minimum atomic E-state index is -1.20. The molecular weight excluding hydrogens is 540 g/mol. The van der Waals surface area contributed by atoms with E-state index < -0.39 is 34.5 Å². The normalized spacial score (nSPS) is 14.7. The maximum atomic E-state index is 13.2. The summed E-state index contributed by atoms with van der Waals surface area (Å²) in [4.78, 5) is 52.8. The number of hydrogen-bond acceptors (Lipinski definition) is 8. The fourth-order valence-corrected chi connectivity index (χ4v) is 5.59. The number of benzene rings is 2. The van der Waals surface area contributed by atoms with E-state index in [9.17, 15) is 29.4 Å². The lowest BCUT2D eigenvalue weighted by molar-refractivity contribution is -0.139. The van der Waals surface area contributed by atoms with E-state index in [-0.39, 0.29) is 12.1 Å². The molecule has 0 bridgehead atoms. The van der Waals surface area contributed by atoms with Crippen LogP contribution in [0.2, 0.25) is 0 Å².